The van der Waals surface area contributed by atoms with Crippen LogP contribution in [0.25, 0.3) is 0 Å². The summed E-state index contributed by atoms with van der Waals surface area (Å²) in [6, 6.07) is 0. The summed E-state index contributed by atoms with van der Waals surface area (Å²) in [5.41, 5.74) is 0. The molecule has 3 heteroatoms. The predicted octanol–water partition coefficient (Wildman–Crippen LogP) is 2.90. The lowest BCUT2D eigenvalue weighted by atomic mass is 9.90. The minimum Gasteiger partial charge on any atom is -0.434 e. The van der Waals surface area contributed by atoms with Crippen LogP contribution in [0.3, 0.4) is 0 Å². The maximum Gasteiger partial charge on any atom is 0.508 e. The van der Waals surface area contributed by atoms with Gasteiger partial charge in [-0.15, -0.1) is 0 Å². The van der Waals surface area contributed by atoms with Crippen LogP contribution < -0.4 is 0 Å². The molecule has 0 unspecified atom stereocenters. The third kappa shape index (κ3) is 4.15. The molecule has 1 saturated carbocycles. The highest BCUT2D eigenvalue weighted by molar-refractivity contribution is 5.60. The van der Waals surface area contributed by atoms with Gasteiger partial charge in [-0.05, 0) is 25.7 Å². The first kappa shape index (κ1) is 10.4. The smallest absolute Gasteiger partial charge is 0.434 e. The standard InChI is InChI=1S/C10H17O3/c1-2-12-10(11)13-8-9-6-4-3-5-7-9/h2,9H,3-8H2,1H3. The fourth-order valence-electron chi connectivity index (χ4n) is 1.67. The molecule has 1 fully saturated rings. The Labute approximate surface area is 79.4 Å². The van der Waals surface area contributed by atoms with Crippen LogP contribution in [0.1, 0.15) is 39.0 Å². The summed E-state index contributed by atoms with van der Waals surface area (Å²) in [6.45, 7) is 3.51. The molecule has 0 saturated heterocycles. The van der Waals surface area contributed by atoms with Gasteiger partial charge in [0.05, 0.1) is 6.61 Å². The summed E-state index contributed by atoms with van der Waals surface area (Å²) in [6.07, 6.45) is 5.65. The van der Waals surface area contributed by atoms with Gasteiger partial charge >= 0.3 is 6.16 Å². The third-order valence-electron chi connectivity index (χ3n) is 2.38. The van der Waals surface area contributed by atoms with E-state index in [2.05, 4.69) is 4.74 Å². The number of carbonyl (C=O) groups excluding carboxylic acids is 1. The number of carbonyl (C=O) groups is 1. The summed E-state index contributed by atoms with van der Waals surface area (Å²) in [4.78, 5) is 10.8. The molecular formula is C10H17O3. The number of rotatable bonds is 3. The third-order valence-corrected chi connectivity index (χ3v) is 2.38. The molecular weight excluding hydrogens is 168 g/mol. The molecule has 0 aliphatic heterocycles. The van der Waals surface area contributed by atoms with Crippen molar-refractivity contribution in [1.82, 2.24) is 0 Å². The lowest BCUT2D eigenvalue weighted by molar-refractivity contribution is 0.0564. The van der Waals surface area contributed by atoms with Crippen LogP contribution in [0.5, 0.6) is 0 Å². The van der Waals surface area contributed by atoms with Gasteiger partial charge in [-0.3, -0.25) is 0 Å². The van der Waals surface area contributed by atoms with Gasteiger partial charge in [0.15, 0.2) is 0 Å². The van der Waals surface area contributed by atoms with Crippen molar-refractivity contribution in [2.75, 3.05) is 6.61 Å². The van der Waals surface area contributed by atoms with Crippen molar-refractivity contribution in [2.24, 2.45) is 5.92 Å². The van der Waals surface area contributed by atoms with Crippen molar-refractivity contribution >= 4 is 6.16 Å². The Morgan fingerprint density at radius 3 is 2.69 bits per heavy atom. The zero-order chi connectivity index (χ0) is 9.52. The van der Waals surface area contributed by atoms with E-state index < -0.39 is 6.16 Å². The maximum atomic E-state index is 10.8. The van der Waals surface area contributed by atoms with E-state index in [1.54, 1.807) is 6.92 Å². The van der Waals surface area contributed by atoms with Gasteiger partial charge in [-0.25, -0.2) is 4.79 Å². The molecule has 0 aromatic rings. The predicted molar refractivity (Wildman–Crippen MR) is 49.0 cm³/mol. The average Bonchev–Trinajstić information content (AvgIpc) is 2.17. The average molecular weight is 185 g/mol. The van der Waals surface area contributed by atoms with Crippen LogP contribution in [-0.4, -0.2) is 12.8 Å². The van der Waals surface area contributed by atoms with Crippen LogP contribution in [0, 0.1) is 12.5 Å². The van der Waals surface area contributed by atoms with Crippen molar-refractivity contribution in [3.05, 3.63) is 6.61 Å². The molecule has 3 nitrogen and oxygen atoms in total. The number of hydrogen-bond donors (Lipinski definition) is 0. The quantitative estimate of drug-likeness (QED) is 0.634. The summed E-state index contributed by atoms with van der Waals surface area (Å²) in [5.74, 6) is 0.554. The highest BCUT2D eigenvalue weighted by Crippen LogP contribution is 2.23. The Balaban J connectivity index is 2.06. The van der Waals surface area contributed by atoms with Crippen molar-refractivity contribution < 1.29 is 14.3 Å². The van der Waals surface area contributed by atoms with Crippen LogP contribution in [0.15, 0.2) is 0 Å². The van der Waals surface area contributed by atoms with Gasteiger partial charge in [-0.2, -0.15) is 0 Å². The van der Waals surface area contributed by atoms with Crippen LogP contribution >= 0.6 is 0 Å². The van der Waals surface area contributed by atoms with E-state index in [1.165, 1.54) is 38.7 Å². The molecule has 0 aromatic heterocycles. The van der Waals surface area contributed by atoms with Gasteiger partial charge in [0, 0.05) is 0 Å². The van der Waals surface area contributed by atoms with Crippen molar-refractivity contribution in [3.63, 3.8) is 0 Å². The van der Waals surface area contributed by atoms with Gasteiger partial charge in [0.1, 0.15) is 6.61 Å². The summed E-state index contributed by atoms with van der Waals surface area (Å²) in [7, 11) is 0. The second-order valence-electron chi connectivity index (χ2n) is 3.42. The number of hydrogen-bond acceptors (Lipinski definition) is 3. The highest BCUT2D eigenvalue weighted by atomic mass is 16.7. The van der Waals surface area contributed by atoms with E-state index >= 15 is 0 Å². The van der Waals surface area contributed by atoms with Crippen LogP contribution in [0.2, 0.25) is 0 Å². The highest BCUT2D eigenvalue weighted by Gasteiger charge is 2.15. The van der Waals surface area contributed by atoms with Crippen LogP contribution in [0.4, 0.5) is 4.79 Å². The van der Waals surface area contributed by atoms with Crippen LogP contribution in [-0.2, 0) is 9.47 Å². The lowest BCUT2D eigenvalue weighted by Gasteiger charge is -2.20. The first-order chi connectivity index (χ1) is 6.33. The molecule has 1 rings (SSSR count). The molecule has 0 atom stereocenters. The molecule has 0 spiro atoms. The molecule has 0 N–H and O–H groups in total. The van der Waals surface area contributed by atoms with Crippen molar-refractivity contribution in [3.8, 4) is 0 Å². The monoisotopic (exact) mass is 185 g/mol. The van der Waals surface area contributed by atoms with E-state index in [-0.39, 0.29) is 0 Å². The topological polar surface area (TPSA) is 35.5 Å². The van der Waals surface area contributed by atoms with Gasteiger partial charge in [0.2, 0.25) is 0 Å². The first-order valence-electron chi connectivity index (χ1n) is 4.94. The molecule has 0 aromatic carbocycles. The van der Waals surface area contributed by atoms with E-state index in [9.17, 15) is 4.79 Å². The van der Waals surface area contributed by atoms with E-state index in [4.69, 9.17) is 4.74 Å². The van der Waals surface area contributed by atoms with Gasteiger partial charge in [0.25, 0.3) is 0 Å². The second-order valence-corrected chi connectivity index (χ2v) is 3.42. The van der Waals surface area contributed by atoms with Gasteiger partial charge < -0.3 is 9.47 Å². The van der Waals surface area contributed by atoms with Crippen molar-refractivity contribution in [2.45, 2.75) is 39.0 Å². The Morgan fingerprint density at radius 2 is 2.08 bits per heavy atom. The van der Waals surface area contributed by atoms with E-state index in [1.807, 2.05) is 0 Å². The Morgan fingerprint density at radius 1 is 1.38 bits per heavy atom. The fourth-order valence-corrected chi connectivity index (χ4v) is 1.67. The summed E-state index contributed by atoms with van der Waals surface area (Å²) in [5, 5.41) is 0. The molecule has 13 heavy (non-hydrogen) atoms. The normalized spacial score (nSPS) is 18.2. The number of ether oxygens (including phenoxy) is 2. The summed E-state index contributed by atoms with van der Waals surface area (Å²) >= 11 is 0. The molecule has 0 heterocycles. The SMILES string of the molecule is C[CH]OC(=O)OCC1CCCCC1. The summed E-state index contributed by atoms with van der Waals surface area (Å²) < 4.78 is 9.48. The van der Waals surface area contributed by atoms with E-state index in [0.29, 0.717) is 12.5 Å². The zero-order valence-electron chi connectivity index (χ0n) is 8.12. The van der Waals surface area contributed by atoms with E-state index in [0.717, 1.165) is 0 Å². The minimum absolute atomic E-state index is 0.521. The first-order valence-corrected chi connectivity index (χ1v) is 4.94. The molecule has 1 radical (unpaired) electrons. The molecule has 1 aliphatic carbocycles. The van der Waals surface area contributed by atoms with Crippen molar-refractivity contribution in [1.29, 1.82) is 0 Å². The second kappa shape index (κ2) is 5.84. The Hall–Kier alpha value is -0.730. The zero-order valence-corrected chi connectivity index (χ0v) is 8.12. The molecule has 0 bridgehead atoms. The Kier molecular flexibility index (Phi) is 4.65. The molecule has 0 amide bonds. The maximum absolute atomic E-state index is 10.8. The lowest BCUT2D eigenvalue weighted by Crippen LogP contribution is -2.16. The fraction of sp³-hybridized carbons (Fsp3) is 0.800. The molecule has 75 valence electrons. The van der Waals surface area contributed by atoms with Gasteiger partial charge in [-0.1, -0.05) is 19.3 Å². The minimum atomic E-state index is -0.576. The largest absolute Gasteiger partial charge is 0.508 e. The molecule has 1 aliphatic rings. The Bertz CT molecular complexity index is 150.